The van der Waals surface area contributed by atoms with E-state index in [-0.39, 0.29) is 0 Å². The van der Waals surface area contributed by atoms with E-state index in [1.807, 2.05) is 0 Å². The Morgan fingerprint density at radius 1 is 1.04 bits per heavy atom. The van der Waals surface area contributed by atoms with Crippen molar-refractivity contribution in [2.45, 2.75) is 84.5 Å². The summed E-state index contributed by atoms with van der Waals surface area (Å²) in [6.07, 6.45) is 6.49. The maximum absolute atomic E-state index is 5.12. The largest absolute Gasteiger partial charge is 0.352 e. The van der Waals surface area contributed by atoms with Gasteiger partial charge >= 0.3 is 0 Å². The van der Waals surface area contributed by atoms with Crippen LogP contribution in [0.4, 0.5) is 0 Å². The molecule has 3 heteroatoms. The molecule has 3 nitrogen and oxygen atoms in total. The van der Waals surface area contributed by atoms with Crippen molar-refractivity contribution in [2.24, 2.45) is 4.99 Å². The summed E-state index contributed by atoms with van der Waals surface area (Å²) in [5.74, 6) is 1.07. The molecule has 0 radical (unpaired) electrons. The predicted octanol–water partition coefficient (Wildman–Crippen LogP) is 4.58. The summed E-state index contributed by atoms with van der Waals surface area (Å²) >= 11 is 0. The Morgan fingerprint density at radius 3 is 2.22 bits per heavy atom. The van der Waals surface area contributed by atoms with Gasteiger partial charge in [-0.05, 0) is 46.1 Å². The molecule has 0 atom stereocenters. The maximum Gasteiger partial charge on any atom is 0.194 e. The van der Waals surface area contributed by atoms with Crippen molar-refractivity contribution in [1.82, 2.24) is 10.2 Å². The molecular weight excluding hydrogens is 282 g/mol. The van der Waals surface area contributed by atoms with E-state index >= 15 is 0 Å². The van der Waals surface area contributed by atoms with E-state index < -0.39 is 0 Å². The summed E-state index contributed by atoms with van der Waals surface area (Å²) in [5.41, 5.74) is 1.30. The number of nitrogens with one attached hydrogen (secondary N) is 1. The second-order valence-electron chi connectivity index (χ2n) is 7.18. The third-order valence-corrected chi connectivity index (χ3v) is 4.53. The lowest BCUT2D eigenvalue weighted by molar-refractivity contribution is 0.277. The van der Waals surface area contributed by atoms with Crippen LogP contribution in [0.5, 0.6) is 0 Å². The van der Waals surface area contributed by atoms with Crippen LogP contribution >= 0.6 is 0 Å². The third-order valence-electron chi connectivity index (χ3n) is 4.53. The van der Waals surface area contributed by atoms with Crippen LogP contribution < -0.4 is 5.32 Å². The molecule has 0 bridgehead atoms. The van der Waals surface area contributed by atoms with Gasteiger partial charge in [-0.1, -0.05) is 49.6 Å². The summed E-state index contributed by atoms with van der Waals surface area (Å²) in [4.78, 5) is 7.54. The number of guanidine groups is 1. The Bertz CT molecular complexity index is 465. The first-order valence-corrected chi connectivity index (χ1v) is 9.22. The highest BCUT2D eigenvalue weighted by Gasteiger charge is 2.21. The second-order valence-corrected chi connectivity index (χ2v) is 7.18. The molecule has 0 unspecified atom stereocenters. The van der Waals surface area contributed by atoms with Gasteiger partial charge in [0.25, 0.3) is 0 Å². The van der Waals surface area contributed by atoms with Gasteiger partial charge in [0.1, 0.15) is 0 Å². The van der Waals surface area contributed by atoms with Crippen molar-refractivity contribution in [3.8, 4) is 0 Å². The minimum absolute atomic E-state index is 0.445. The van der Waals surface area contributed by atoms with Crippen LogP contribution in [0.25, 0.3) is 0 Å². The van der Waals surface area contributed by atoms with Crippen LogP contribution in [-0.4, -0.2) is 29.0 Å². The molecule has 1 aliphatic carbocycles. The number of hydrogen-bond donors (Lipinski definition) is 1. The molecule has 0 amide bonds. The zero-order chi connectivity index (χ0) is 16.7. The van der Waals surface area contributed by atoms with Gasteiger partial charge in [-0.2, -0.15) is 0 Å². The molecule has 0 aliphatic heterocycles. The van der Waals surface area contributed by atoms with Gasteiger partial charge in [-0.15, -0.1) is 0 Å². The molecule has 0 aromatic heterocycles. The molecule has 1 N–H and O–H groups in total. The highest BCUT2D eigenvalue weighted by Crippen LogP contribution is 2.21. The summed E-state index contributed by atoms with van der Waals surface area (Å²) in [5, 5.41) is 3.62. The zero-order valence-corrected chi connectivity index (χ0v) is 15.3. The predicted molar refractivity (Wildman–Crippen MR) is 99.7 cm³/mol. The van der Waals surface area contributed by atoms with E-state index in [1.54, 1.807) is 0 Å². The van der Waals surface area contributed by atoms with Crippen molar-refractivity contribution in [2.75, 3.05) is 0 Å². The Labute approximate surface area is 142 Å². The topological polar surface area (TPSA) is 27.6 Å². The SMILES string of the molecule is CC(C)N(/C(=N\C1CCCCC1)NCc1ccccc1)C(C)C. The Hall–Kier alpha value is -1.51. The summed E-state index contributed by atoms with van der Waals surface area (Å²) in [6.45, 7) is 9.84. The van der Waals surface area contributed by atoms with Crippen LogP contribution in [0.15, 0.2) is 35.3 Å². The van der Waals surface area contributed by atoms with Crippen molar-refractivity contribution in [1.29, 1.82) is 0 Å². The number of rotatable bonds is 5. The van der Waals surface area contributed by atoms with E-state index in [0.717, 1.165) is 12.5 Å². The molecule has 1 fully saturated rings. The average Bonchev–Trinajstić information content (AvgIpc) is 2.54. The Kier molecular flexibility index (Phi) is 6.94. The second kappa shape index (κ2) is 8.95. The van der Waals surface area contributed by atoms with E-state index in [1.165, 1.54) is 37.7 Å². The lowest BCUT2D eigenvalue weighted by Gasteiger charge is -2.35. The first-order chi connectivity index (χ1) is 11.1. The fourth-order valence-corrected chi connectivity index (χ4v) is 3.45. The third kappa shape index (κ3) is 5.56. The molecule has 23 heavy (non-hydrogen) atoms. The number of benzene rings is 1. The normalized spacial score (nSPS) is 16.9. The fraction of sp³-hybridized carbons (Fsp3) is 0.650. The van der Waals surface area contributed by atoms with Crippen LogP contribution in [0.2, 0.25) is 0 Å². The highest BCUT2D eigenvalue weighted by molar-refractivity contribution is 5.80. The molecule has 128 valence electrons. The molecule has 0 saturated heterocycles. The van der Waals surface area contributed by atoms with Gasteiger partial charge in [-0.3, -0.25) is 0 Å². The van der Waals surface area contributed by atoms with E-state index in [9.17, 15) is 0 Å². The Balaban J connectivity index is 2.13. The van der Waals surface area contributed by atoms with Crippen LogP contribution in [0, 0.1) is 0 Å². The molecule has 1 aliphatic rings. The monoisotopic (exact) mass is 315 g/mol. The first kappa shape index (κ1) is 17.8. The lowest BCUT2D eigenvalue weighted by atomic mass is 9.96. The maximum atomic E-state index is 5.12. The minimum atomic E-state index is 0.445. The summed E-state index contributed by atoms with van der Waals surface area (Å²) in [6, 6.07) is 12.0. The van der Waals surface area contributed by atoms with Gasteiger partial charge in [-0.25, -0.2) is 4.99 Å². The molecule has 1 aromatic rings. The summed E-state index contributed by atoms with van der Waals surface area (Å²) in [7, 11) is 0. The van der Waals surface area contributed by atoms with Crippen molar-refractivity contribution in [3.63, 3.8) is 0 Å². The smallest absolute Gasteiger partial charge is 0.194 e. The number of aliphatic imine (C=N–C) groups is 1. The van der Waals surface area contributed by atoms with Crippen LogP contribution in [0.1, 0.15) is 65.4 Å². The quantitative estimate of drug-likeness (QED) is 0.636. The minimum Gasteiger partial charge on any atom is -0.352 e. The molecule has 1 aromatic carbocycles. The van der Waals surface area contributed by atoms with Gasteiger partial charge in [0, 0.05) is 18.6 Å². The van der Waals surface area contributed by atoms with Crippen molar-refractivity contribution < 1.29 is 0 Å². The van der Waals surface area contributed by atoms with Gasteiger partial charge < -0.3 is 10.2 Å². The first-order valence-electron chi connectivity index (χ1n) is 9.22. The molecule has 1 saturated carbocycles. The molecule has 0 heterocycles. The van der Waals surface area contributed by atoms with Crippen molar-refractivity contribution >= 4 is 5.96 Å². The van der Waals surface area contributed by atoms with Crippen LogP contribution in [0.3, 0.4) is 0 Å². The molecular formula is C20H33N3. The van der Waals surface area contributed by atoms with Gasteiger partial charge in [0.2, 0.25) is 0 Å². The van der Waals surface area contributed by atoms with E-state index in [2.05, 4.69) is 68.2 Å². The zero-order valence-electron chi connectivity index (χ0n) is 15.3. The number of nitrogens with zero attached hydrogens (tertiary/aromatic N) is 2. The highest BCUT2D eigenvalue weighted by atomic mass is 15.3. The van der Waals surface area contributed by atoms with Gasteiger partial charge in [0.05, 0.1) is 6.04 Å². The van der Waals surface area contributed by atoms with Gasteiger partial charge in [0.15, 0.2) is 5.96 Å². The lowest BCUT2D eigenvalue weighted by Crippen LogP contribution is -2.49. The molecule has 2 rings (SSSR count). The summed E-state index contributed by atoms with van der Waals surface area (Å²) < 4.78 is 0. The molecule has 0 spiro atoms. The van der Waals surface area contributed by atoms with E-state index in [0.29, 0.717) is 18.1 Å². The van der Waals surface area contributed by atoms with Crippen molar-refractivity contribution in [3.05, 3.63) is 35.9 Å². The van der Waals surface area contributed by atoms with Crippen LogP contribution in [-0.2, 0) is 6.54 Å². The average molecular weight is 316 g/mol. The number of hydrogen-bond acceptors (Lipinski definition) is 1. The standard InChI is InChI=1S/C20H33N3/c1-16(2)23(17(3)4)20(22-19-13-9-6-10-14-19)21-15-18-11-7-5-8-12-18/h5,7-8,11-12,16-17,19H,6,9-10,13-15H2,1-4H3,(H,21,22). The fourth-order valence-electron chi connectivity index (χ4n) is 3.45. The van der Waals surface area contributed by atoms with E-state index in [4.69, 9.17) is 4.99 Å². The Morgan fingerprint density at radius 2 is 1.65 bits per heavy atom.